The minimum atomic E-state index is -0.631. The summed E-state index contributed by atoms with van der Waals surface area (Å²) < 4.78 is -0.631. The van der Waals surface area contributed by atoms with Crippen LogP contribution < -0.4 is 0 Å². The lowest BCUT2D eigenvalue weighted by molar-refractivity contribution is -0.147. The van der Waals surface area contributed by atoms with Crippen molar-refractivity contribution in [3.63, 3.8) is 0 Å². The van der Waals surface area contributed by atoms with E-state index in [-0.39, 0.29) is 35.0 Å². The van der Waals surface area contributed by atoms with Gasteiger partial charge in [-0.05, 0) is 56.9 Å². The average Bonchev–Trinajstić information content (AvgIpc) is 3.61. The fraction of sp³-hybridized carbons (Fsp3) is 0.649. The Morgan fingerprint density at radius 2 is 1.69 bits per heavy atom. The van der Waals surface area contributed by atoms with Crippen molar-refractivity contribution < 1.29 is 19.5 Å². The summed E-state index contributed by atoms with van der Waals surface area (Å²) in [6.45, 7) is 20.6. The number of nitrogens with zero attached hydrogens (tertiary/aromatic N) is 3. The van der Waals surface area contributed by atoms with Crippen molar-refractivity contribution in [2.75, 3.05) is 26.2 Å². The Bertz CT molecular complexity index is 1230. The van der Waals surface area contributed by atoms with E-state index >= 15 is 0 Å². The predicted octanol–water partition coefficient (Wildman–Crippen LogP) is 6.07. The standard InChI is InChI=1S/C37H55N3O4S/c1-8-21-38(25-27-17-13-12-14-18-27)32(42)29-28-19-20-37(45-28)30(29)33(43)39(23-15-10-11-16-24-41)31(37)34(44)40(22-9-2)36(6,7)26-35(3,4)5/h8-9,12-14,17-18,28-31,41H,1-2,10-11,15-16,19-26H2,3-7H3/t28-,29+,30-,31?,37?/m0/s1. The molecule has 7 nitrogen and oxygen atoms in total. The van der Waals surface area contributed by atoms with Crippen LogP contribution in [-0.4, -0.2) is 85.3 Å². The highest BCUT2D eigenvalue weighted by Crippen LogP contribution is 2.67. The molecule has 1 spiro atoms. The number of hydrogen-bond acceptors (Lipinski definition) is 5. The average molecular weight is 638 g/mol. The summed E-state index contributed by atoms with van der Waals surface area (Å²) >= 11 is 1.74. The second kappa shape index (κ2) is 14.5. The normalized spacial score (nSPS) is 25.7. The second-order valence-electron chi connectivity index (χ2n) is 15.0. The van der Waals surface area contributed by atoms with Gasteiger partial charge in [0.25, 0.3) is 0 Å². The number of hydrogen-bond donors (Lipinski definition) is 1. The molecule has 3 amide bonds. The fourth-order valence-electron chi connectivity index (χ4n) is 8.41. The number of amides is 3. The first-order valence-electron chi connectivity index (χ1n) is 16.8. The number of aliphatic hydroxyl groups is 1. The van der Waals surface area contributed by atoms with Gasteiger partial charge in [-0.25, -0.2) is 0 Å². The van der Waals surface area contributed by atoms with Gasteiger partial charge in [0.2, 0.25) is 17.7 Å². The molecule has 0 radical (unpaired) electrons. The largest absolute Gasteiger partial charge is 0.396 e. The number of aliphatic hydroxyl groups excluding tert-OH is 1. The summed E-state index contributed by atoms with van der Waals surface area (Å²) in [7, 11) is 0. The molecule has 0 aromatic heterocycles. The molecule has 4 rings (SSSR count). The molecule has 1 N–H and O–H groups in total. The first-order valence-corrected chi connectivity index (χ1v) is 17.6. The molecule has 2 unspecified atom stereocenters. The number of likely N-dealkylation sites (tertiary alicyclic amines) is 1. The molecule has 0 aliphatic carbocycles. The van der Waals surface area contributed by atoms with Gasteiger partial charge in [0.1, 0.15) is 6.04 Å². The molecule has 3 heterocycles. The molecule has 5 atom stereocenters. The topological polar surface area (TPSA) is 81.2 Å². The van der Waals surface area contributed by atoms with Crippen molar-refractivity contribution in [3.05, 3.63) is 61.2 Å². The van der Waals surface area contributed by atoms with Gasteiger partial charge in [-0.1, -0.05) is 76.1 Å². The number of carbonyl (C=O) groups is 3. The van der Waals surface area contributed by atoms with Crippen LogP contribution in [0.1, 0.15) is 85.1 Å². The third-order valence-corrected chi connectivity index (χ3v) is 11.7. The van der Waals surface area contributed by atoms with E-state index in [2.05, 4.69) is 47.8 Å². The SMILES string of the molecule is C=CCN(Cc1ccccc1)C(=O)[C@@H]1[C@@H]2CCC3(S2)C(C(=O)N(CC=C)C(C)(C)CC(C)(C)C)N(CCCCCCO)C(=O)[C@H]13. The quantitative estimate of drug-likeness (QED) is 0.176. The zero-order chi connectivity index (χ0) is 33.0. The van der Waals surface area contributed by atoms with Crippen LogP contribution in [0.3, 0.4) is 0 Å². The highest BCUT2D eigenvalue weighted by atomic mass is 32.2. The van der Waals surface area contributed by atoms with Crippen molar-refractivity contribution in [1.82, 2.24) is 14.7 Å². The Balaban J connectivity index is 1.71. The molecule has 3 aliphatic rings. The van der Waals surface area contributed by atoms with E-state index in [9.17, 15) is 19.5 Å². The number of unbranched alkanes of at least 4 members (excludes halogenated alkanes) is 3. The minimum Gasteiger partial charge on any atom is -0.396 e. The molecule has 3 fully saturated rings. The van der Waals surface area contributed by atoms with E-state index in [0.29, 0.717) is 26.2 Å². The maximum Gasteiger partial charge on any atom is 0.247 e. The number of fused-ring (bicyclic) bond motifs is 1. The summed E-state index contributed by atoms with van der Waals surface area (Å²) in [5, 5.41) is 9.28. The minimum absolute atomic E-state index is 0.00647. The number of carbonyl (C=O) groups excluding carboxylic acids is 3. The smallest absolute Gasteiger partial charge is 0.247 e. The third kappa shape index (κ3) is 7.38. The summed E-state index contributed by atoms with van der Waals surface area (Å²) in [4.78, 5) is 49.6. The van der Waals surface area contributed by atoms with Crippen molar-refractivity contribution in [2.24, 2.45) is 17.3 Å². The molecule has 45 heavy (non-hydrogen) atoms. The molecule has 0 saturated carbocycles. The lowest BCUT2D eigenvalue weighted by Crippen LogP contribution is -2.60. The summed E-state index contributed by atoms with van der Waals surface area (Å²) in [6, 6.07) is 9.31. The summed E-state index contributed by atoms with van der Waals surface area (Å²) in [5.74, 6) is -1.08. The third-order valence-electron chi connectivity index (χ3n) is 9.78. The van der Waals surface area contributed by atoms with Crippen molar-refractivity contribution in [3.8, 4) is 0 Å². The van der Waals surface area contributed by atoms with Crippen LogP contribution in [0.2, 0.25) is 0 Å². The Morgan fingerprint density at radius 1 is 1.02 bits per heavy atom. The monoisotopic (exact) mass is 637 g/mol. The van der Waals surface area contributed by atoms with Gasteiger partial charge < -0.3 is 19.8 Å². The lowest BCUT2D eigenvalue weighted by atomic mass is 9.70. The van der Waals surface area contributed by atoms with Crippen LogP contribution in [0.5, 0.6) is 0 Å². The zero-order valence-electron chi connectivity index (χ0n) is 28.2. The molecule has 1 aromatic carbocycles. The maximum absolute atomic E-state index is 15.0. The molecular weight excluding hydrogens is 582 g/mol. The van der Waals surface area contributed by atoms with E-state index in [1.807, 2.05) is 45.0 Å². The molecule has 3 saturated heterocycles. The summed E-state index contributed by atoms with van der Waals surface area (Å²) in [5.41, 5.74) is 0.573. The molecule has 2 bridgehead atoms. The highest BCUT2D eigenvalue weighted by molar-refractivity contribution is 8.02. The van der Waals surface area contributed by atoms with Gasteiger partial charge in [0.05, 0.1) is 16.6 Å². The van der Waals surface area contributed by atoms with Crippen LogP contribution in [0.15, 0.2) is 55.6 Å². The Hall–Kier alpha value is -2.58. The van der Waals surface area contributed by atoms with E-state index < -0.39 is 28.2 Å². The second-order valence-corrected chi connectivity index (χ2v) is 16.6. The zero-order valence-corrected chi connectivity index (χ0v) is 29.0. The van der Waals surface area contributed by atoms with E-state index in [0.717, 1.165) is 50.5 Å². The van der Waals surface area contributed by atoms with Crippen molar-refractivity contribution in [2.45, 2.75) is 108 Å². The Kier molecular flexibility index (Phi) is 11.3. The maximum atomic E-state index is 15.0. The fourth-order valence-corrected chi connectivity index (χ4v) is 10.6. The van der Waals surface area contributed by atoms with Gasteiger partial charge >= 0.3 is 0 Å². The van der Waals surface area contributed by atoms with Gasteiger partial charge in [0.15, 0.2) is 0 Å². The van der Waals surface area contributed by atoms with Crippen LogP contribution in [-0.2, 0) is 20.9 Å². The predicted molar refractivity (Wildman–Crippen MR) is 183 cm³/mol. The first-order chi connectivity index (χ1) is 21.3. The van der Waals surface area contributed by atoms with E-state index in [1.165, 1.54) is 0 Å². The molecular formula is C37H55N3O4S. The van der Waals surface area contributed by atoms with E-state index in [1.54, 1.807) is 23.9 Å². The molecule has 8 heteroatoms. The molecule has 3 aliphatic heterocycles. The highest BCUT2D eigenvalue weighted by Gasteiger charge is 2.74. The Morgan fingerprint density at radius 3 is 2.31 bits per heavy atom. The molecule has 248 valence electrons. The van der Waals surface area contributed by atoms with Crippen LogP contribution >= 0.6 is 11.8 Å². The van der Waals surface area contributed by atoms with Crippen molar-refractivity contribution >= 4 is 29.5 Å². The van der Waals surface area contributed by atoms with Gasteiger partial charge in [0, 0.05) is 43.6 Å². The summed E-state index contributed by atoms with van der Waals surface area (Å²) in [6.07, 6.45) is 9.14. The van der Waals surface area contributed by atoms with Gasteiger partial charge in [-0.3, -0.25) is 14.4 Å². The van der Waals surface area contributed by atoms with Crippen LogP contribution in [0.4, 0.5) is 0 Å². The lowest BCUT2D eigenvalue weighted by Gasteiger charge is -2.46. The number of rotatable bonds is 16. The number of benzene rings is 1. The van der Waals surface area contributed by atoms with Gasteiger partial charge in [-0.15, -0.1) is 24.9 Å². The molecule has 1 aromatic rings. The van der Waals surface area contributed by atoms with E-state index in [4.69, 9.17) is 0 Å². The van der Waals surface area contributed by atoms with Gasteiger partial charge in [-0.2, -0.15) is 0 Å². The van der Waals surface area contributed by atoms with Crippen LogP contribution in [0.25, 0.3) is 0 Å². The van der Waals surface area contributed by atoms with Crippen molar-refractivity contribution in [1.29, 1.82) is 0 Å². The first kappa shape index (κ1) is 35.3. The van der Waals surface area contributed by atoms with Crippen LogP contribution in [0, 0.1) is 17.3 Å². The Labute approximate surface area is 275 Å². The number of thioether (sulfide) groups is 1.